The van der Waals surface area contributed by atoms with Crippen molar-refractivity contribution >= 4 is 0 Å². The zero-order chi connectivity index (χ0) is 10.1. The van der Waals surface area contributed by atoms with Gasteiger partial charge in [-0.1, -0.05) is 34.6 Å². The van der Waals surface area contributed by atoms with E-state index >= 15 is 0 Å². The van der Waals surface area contributed by atoms with E-state index in [0.29, 0.717) is 0 Å². The topological polar surface area (TPSA) is 6.48 Å². The Balaban J connectivity index is 0. The Morgan fingerprint density at radius 2 is 1.50 bits per heavy atom. The lowest BCUT2D eigenvalue weighted by molar-refractivity contribution is 0.152. The fourth-order valence-electron chi connectivity index (χ4n) is 1.45. The Morgan fingerprint density at radius 3 is 1.93 bits per heavy atom. The van der Waals surface area contributed by atoms with Crippen molar-refractivity contribution in [3.63, 3.8) is 0 Å². The van der Waals surface area contributed by atoms with E-state index in [4.69, 9.17) is 0 Å². The van der Waals surface area contributed by atoms with E-state index in [1.54, 1.807) is 0 Å². The lowest BCUT2D eigenvalue weighted by atomic mass is 10.3. The van der Waals surface area contributed by atoms with Gasteiger partial charge in [-0.3, -0.25) is 0 Å². The molecule has 0 saturated carbocycles. The van der Waals surface area contributed by atoms with Crippen molar-refractivity contribution in [3.8, 4) is 0 Å². The molecule has 1 saturated heterocycles. The molecule has 88 valence electrons. The average Bonchev–Trinajstić information content (AvgIpc) is 2.20. The van der Waals surface area contributed by atoms with Crippen LogP contribution in [0.2, 0.25) is 0 Å². The summed E-state index contributed by atoms with van der Waals surface area (Å²) in [5, 5.41) is 0. The normalized spacial score (nSPS) is 18.0. The highest BCUT2D eigenvalue weighted by Crippen LogP contribution is 2.00. The van der Waals surface area contributed by atoms with Crippen LogP contribution in [0.4, 0.5) is 0 Å². The molecule has 0 amide bonds. The predicted molar refractivity (Wildman–Crippen MR) is 66.9 cm³/mol. The molecule has 1 fully saturated rings. The molecule has 0 aromatic rings. The van der Waals surface area contributed by atoms with Crippen molar-refractivity contribution in [2.45, 2.75) is 41.0 Å². The minimum Gasteiger partial charge on any atom is -0.304 e. The molecule has 0 bridgehead atoms. The summed E-state index contributed by atoms with van der Waals surface area (Å²) in [7, 11) is 2.21. The third kappa shape index (κ3) is 7.34. The van der Waals surface area contributed by atoms with Gasteiger partial charge < -0.3 is 9.80 Å². The fourth-order valence-corrected chi connectivity index (χ4v) is 1.45. The summed E-state index contributed by atoms with van der Waals surface area (Å²) in [6.45, 7) is 12.6. The van der Waals surface area contributed by atoms with Gasteiger partial charge >= 0.3 is 0 Å². The summed E-state index contributed by atoms with van der Waals surface area (Å²) in [6, 6.07) is 0. The van der Waals surface area contributed by atoms with Crippen LogP contribution in [0.5, 0.6) is 0 Å². The molecule has 0 atom stereocenters. The molecule has 1 heterocycles. The van der Waals surface area contributed by atoms with Gasteiger partial charge in [0, 0.05) is 26.2 Å². The maximum Gasteiger partial charge on any atom is 0.0110 e. The Bertz CT molecular complexity index is 93.7. The van der Waals surface area contributed by atoms with Crippen LogP contribution in [-0.2, 0) is 0 Å². The molecule has 2 heteroatoms. The van der Waals surface area contributed by atoms with E-state index in [9.17, 15) is 0 Å². The van der Waals surface area contributed by atoms with Gasteiger partial charge in [0.15, 0.2) is 0 Å². The van der Waals surface area contributed by atoms with Crippen LogP contribution < -0.4 is 0 Å². The molecule has 0 aromatic carbocycles. The highest BCUT2D eigenvalue weighted by atomic mass is 15.2. The van der Waals surface area contributed by atoms with Gasteiger partial charge in [0.1, 0.15) is 0 Å². The van der Waals surface area contributed by atoms with Crippen molar-refractivity contribution in [1.82, 2.24) is 9.80 Å². The number of piperazine rings is 1. The first kappa shape index (κ1) is 16.4. The van der Waals surface area contributed by atoms with Crippen LogP contribution in [0.3, 0.4) is 0 Å². The Morgan fingerprint density at radius 1 is 1.00 bits per heavy atom. The number of rotatable bonds is 3. The van der Waals surface area contributed by atoms with E-state index < -0.39 is 0 Å². The number of likely N-dealkylation sites (N-methyl/N-ethyl adjacent to an activating group) is 1. The smallest absolute Gasteiger partial charge is 0.0110 e. The minimum atomic E-state index is 0. The average molecular weight is 202 g/mol. The molecular weight excluding hydrogens is 172 g/mol. The van der Waals surface area contributed by atoms with Crippen molar-refractivity contribution in [2.75, 3.05) is 39.8 Å². The summed E-state index contributed by atoms with van der Waals surface area (Å²) in [5.74, 6) is 0. The fraction of sp³-hybridized carbons (Fsp3) is 1.00. The number of hydrogen-bond acceptors (Lipinski definition) is 2. The molecular formula is C12H30N2. The minimum absolute atomic E-state index is 0. The van der Waals surface area contributed by atoms with Crippen molar-refractivity contribution in [2.24, 2.45) is 0 Å². The van der Waals surface area contributed by atoms with E-state index in [1.807, 2.05) is 13.8 Å². The molecule has 0 spiro atoms. The van der Waals surface area contributed by atoms with Crippen LogP contribution >= 0.6 is 0 Å². The van der Waals surface area contributed by atoms with Crippen molar-refractivity contribution in [3.05, 3.63) is 0 Å². The lowest BCUT2D eigenvalue weighted by Gasteiger charge is -2.32. The van der Waals surface area contributed by atoms with E-state index in [-0.39, 0.29) is 7.43 Å². The lowest BCUT2D eigenvalue weighted by Crippen LogP contribution is -2.44. The standard InChI is InChI=1S/C9H20N2.C2H6.CH4/c1-3-4-5-11-8-6-10(2)7-9-11;1-2;/h3-9H2,1-2H3;1-2H3;1H4. The zero-order valence-electron chi connectivity index (χ0n) is 9.84. The van der Waals surface area contributed by atoms with Crippen LogP contribution in [-0.4, -0.2) is 49.6 Å². The maximum absolute atomic E-state index is 2.57. The number of unbranched alkanes of at least 4 members (excludes halogenated alkanes) is 1. The Hall–Kier alpha value is -0.0800. The third-order valence-corrected chi connectivity index (χ3v) is 2.42. The van der Waals surface area contributed by atoms with Crippen LogP contribution in [0.25, 0.3) is 0 Å². The van der Waals surface area contributed by atoms with Crippen molar-refractivity contribution < 1.29 is 0 Å². The summed E-state index contributed by atoms with van der Waals surface area (Å²) < 4.78 is 0. The third-order valence-electron chi connectivity index (χ3n) is 2.42. The summed E-state index contributed by atoms with van der Waals surface area (Å²) in [6.07, 6.45) is 2.69. The van der Waals surface area contributed by atoms with Crippen LogP contribution in [0, 0.1) is 0 Å². The van der Waals surface area contributed by atoms with Gasteiger partial charge in [0.2, 0.25) is 0 Å². The van der Waals surface area contributed by atoms with Gasteiger partial charge in [-0.2, -0.15) is 0 Å². The molecule has 14 heavy (non-hydrogen) atoms. The van der Waals surface area contributed by atoms with Gasteiger partial charge in [-0.25, -0.2) is 0 Å². The van der Waals surface area contributed by atoms with Crippen molar-refractivity contribution in [1.29, 1.82) is 0 Å². The maximum atomic E-state index is 2.57. The predicted octanol–water partition coefficient (Wildman–Crippen LogP) is 2.70. The second kappa shape index (κ2) is 11.0. The quantitative estimate of drug-likeness (QED) is 0.694. The summed E-state index contributed by atoms with van der Waals surface area (Å²) in [4.78, 5) is 4.98. The zero-order valence-corrected chi connectivity index (χ0v) is 9.84. The van der Waals surface area contributed by atoms with Gasteiger partial charge in [-0.15, -0.1) is 0 Å². The first-order chi connectivity index (χ1) is 6.33. The largest absolute Gasteiger partial charge is 0.304 e. The van der Waals surface area contributed by atoms with E-state index in [2.05, 4.69) is 23.8 Å². The summed E-state index contributed by atoms with van der Waals surface area (Å²) in [5.41, 5.74) is 0. The highest BCUT2D eigenvalue weighted by Gasteiger charge is 2.11. The molecule has 1 rings (SSSR count). The molecule has 2 nitrogen and oxygen atoms in total. The SMILES string of the molecule is C.CC.CCCCN1CCN(C)CC1. The molecule has 0 unspecified atom stereocenters. The Kier molecular flexibility index (Phi) is 12.8. The van der Waals surface area contributed by atoms with Crippen LogP contribution in [0.1, 0.15) is 41.0 Å². The molecule has 0 aromatic heterocycles. The molecule has 1 aliphatic heterocycles. The van der Waals surface area contributed by atoms with E-state index in [1.165, 1.54) is 45.6 Å². The second-order valence-electron chi connectivity index (χ2n) is 3.50. The number of nitrogens with zero attached hydrogens (tertiary/aromatic N) is 2. The molecule has 0 aliphatic carbocycles. The summed E-state index contributed by atoms with van der Waals surface area (Å²) >= 11 is 0. The van der Waals surface area contributed by atoms with Crippen LogP contribution in [0.15, 0.2) is 0 Å². The number of hydrogen-bond donors (Lipinski definition) is 0. The van der Waals surface area contributed by atoms with E-state index in [0.717, 1.165) is 0 Å². The molecule has 1 aliphatic rings. The second-order valence-corrected chi connectivity index (χ2v) is 3.50. The first-order valence-corrected chi connectivity index (χ1v) is 5.74. The van der Waals surface area contributed by atoms with Gasteiger partial charge in [0.25, 0.3) is 0 Å². The highest BCUT2D eigenvalue weighted by molar-refractivity contribution is 4.68. The Labute approximate surface area is 91.3 Å². The molecule has 0 radical (unpaired) electrons. The molecule has 0 N–H and O–H groups in total. The first-order valence-electron chi connectivity index (χ1n) is 5.74. The monoisotopic (exact) mass is 202 g/mol. The van der Waals surface area contributed by atoms with Gasteiger partial charge in [-0.05, 0) is 20.0 Å². The van der Waals surface area contributed by atoms with Gasteiger partial charge in [0.05, 0.1) is 0 Å².